The van der Waals surface area contributed by atoms with Crippen LogP contribution < -0.4 is 0 Å². The van der Waals surface area contributed by atoms with E-state index in [2.05, 4.69) is 16.9 Å². The molecular weight excluding hydrogens is 194 g/mol. The van der Waals surface area contributed by atoms with Crippen LogP contribution in [-0.4, -0.2) is 45.1 Å². The monoisotopic (exact) mass is 209 g/mol. The van der Waals surface area contributed by atoms with Crippen LogP contribution in [0.15, 0.2) is 12.5 Å². The number of aliphatic hydroxyl groups excluding tert-OH is 1. The largest absolute Gasteiger partial charge is 0.394 e. The Hall–Kier alpha value is -1.36. The van der Waals surface area contributed by atoms with Gasteiger partial charge in [-0.15, -0.1) is 0 Å². The number of hydrogen-bond acceptors (Lipinski definition) is 3. The quantitative estimate of drug-likeness (QED) is 0.733. The van der Waals surface area contributed by atoms with Crippen LogP contribution in [0.25, 0.3) is 0 Å². The normalized spacial score (nSPS) is 25.9. The van der Waals surface area contributed by atoms with Gasteiger partial charge < -0.3 is 15.0 Å². The van der Waals surface area contributed by atoms with Crippen LogP contribution in [0.3, 0.4) is 0 Å². The minimum atomic E-state index is -0.0732. The van der Waals surface area contributed by atoms with Gasteiger partial charge in [0.15, 0.2) is 0 Å². The Bertz CT molecular complexity index is 336. The van der Waals surface area contributed by atoms with Crippen LogP contribution in [-0.2, 0) is 0 Å². The fourth-order valence-corrected chi connectivity index (χ4v) is 2.07. The maximum absolute atomic E-state index is 12.0. The van der Waals surface area contributed by atoms with E-state index in [1.54, 1.807) is 4.90 Å². The Morgan fingerprint density at radius 3 is 3.20 bits per heavy atom. The number of aromatic amines is 1. The van der Waals surface area contributed by atoms with Crippen molar-refractivity contribution in [2.24, 2.45) is 5.92 Å². The molecule has 2 rings (SSSR count). The molecule has 2 unspecified atom stereocenters. The number of nitrogens with zero attached hydrogens (tertiary/aromatic N) is 2. The number of H-pyrrole nitrogens is 1. The molecule has 0 bridgehead atoms. The molecule has 0 spiro atoms. The zero-order chi connectivity index (χ0) is 10.8. The lowest BCUT2D eigenvalue weighted by Gasteiger charge is -2.24. The topological polar surface area (TPSA) is 69.2 Å². The predicted molar refractivity (Wildman–Crippen MR) is 54.3 cm³/mol. The first-order valence-corrected chi connectivity index (χ1v) is 5.14. The van der Waals surface area contributed by atoms with Crippen molar-refractivity contribution in [1.82, 2.24) is 14.9 Å². The van der Waals surface area contributed by atoms with Crippen LogP contribution in [0.2, 0.25) is 0 Å². The van der Waals surface area contributed by atoms with E-state index >= 15 is 0 Å². The average Bonchev–Trinajstić information content (AvgIpc) is 2.85. The molecule has 5 nitrogen and oxygen atoms in total. The Balaban J connectivity index is 2.14. The van der Waals surface area contributed by atoms with Gasteiger partial charge in [0.25, 0.3) is 5.91 Å². The van der Waals surface area contributed by atoms with E-state index in [0.717, 1.165) is 6.42 Å². The second kappa shape index (κ2) is 4.02. The number of carbonyl (C=O) groups is 1. The summed E-state index contributed by atoms with van der Waals surface area (Å²) in [4.78, 5) is 20.3. The molecule has 1 aliphatic rings. The third-order valence-electron chi connectivity index (χ3n) is 3.06. The van der Waals surface area contributed by atoms with Crippen molar-refractivity contribution >= 4 is 5.91 Å². The third kappa shape index (κ3) is 1.74. The van der Waals surface area contributed by atoms with Gasteiger partial charge in [-0.05, 0) is 12.3 Å². The number of aromatic nitrogens is 2. The van der Waals surface area contributed by atoms with Crippen molar-refractivity contribution < 1.29 is 9.90 Å². The number of carbonyl (C=O) groups excluding carboxylic acids is 1. The zero-order valence-corrected chi connectivity index (χ0v) is 8.68. The maximum Gasteiger partial charge on any atom is 0.272 e. The molecule has 1 saturated heterocycles. The van der Waals surface area contributed by atoms with Gasteiger partial charge in [0.1, 0.15) is 5.69 Å². The lowest BCUT2D eigenvalue weighted by Crippen LogP contribution is -2.39. The molecule has 1 aliphatic heterocycles. The number of likely N-dealkylation sites (tertiary alicyclic amines) is 1. The van der Waals surface area contributed by atoms with Gasteiger partial charge in [0, 0.05) is 6.54 Å². The molecule has 5 heteroatoms. The average molecular weight is 209 g/mol. The number of hydrogen-bond donors (Lipinski definition) is 2. The van der Waals surface area contributed by atoms with Crippen LogP contribution in [0.4, 0.5) is 0 Å². The maximum atomic E-state index is 12.0. The molecule has 1 fully saturated rings. The number of amides is 1. The van der Waals surface area contributed by atoms with Crippen molar-refractivity contribution in [3.63, 3.8) is 0 Å². The van der Waals surface area contributed by atoms with Crippen LogP contribution in [0, 0.1) is 5.92 Å². The first kappa shape index (κ1) is 10.2. The Kier molecular flexibility index (Phi) is 2.73. The standard InChI is InChI=1S/C10H15N3O2/c1-7-2-3-13(9(7)5-14)10(15)8-4-11-6-12-8/h4,6-7,9,14H,2-3,5H2,1H3,(H,11,12). The summed E-state index contributed by atoms with van der Waals surface area (Å²) in [6.07, 6.45) is 3.95. The summed E-state index contributed by atoms with van der Waals surface area (Å²) in [6.45, 7) is 2.80. The molecule has 82 valence electrons. The molecule has 2 atom stereocenters. The highest BCUT2D eigenvalue weighted by Crippen LogP contribution is 2.24. The van der Waals surface area contributed by atoms with E-state index in [4.69, 9.17) is 0 Å². The van der Waals surface area contributed by atoms with Crippen molar-refractivity contribution in [3.8, 4) is 0 Å². The SMILES string of the molecule is CC1CCN(C(=O)c2cnc[nH]2)C1CO. The van der Waals surface area contributed by atoms with Gasteiger partial charge in [-0.2, -0.15) is 0 Å². The van der Waals surface area contributed by atoms with E-state index < -0.39 is 0 Å². The summed E-state index contributed by atoms with van der Waals surface area (Å²) in [5, 5.41) is 9.23. The van der Waals surface area contributed by atoms with Crippen molar-refractivity contribution in [1.29, 1.82) is 0 Å². The van der Waals surface area contributed by atoms with Gasteiger partial charge in [0.2, 0.25) is 0 Å². The molecule has 15 heavy (non-hydrogen) atoms. The highest BCUT2D eigenvalue weighted by atomic mass is 16.3. The fourth-order valence-electron chi connectivity index (χ4n) is 2.07. The number of rotatable bonds is 2. The molecule has 0 saturated carbocycles. The van der Waals surface area contributed by atoms with Crippen LogP contribution in [0.5, 0.6) is 0 Å². The van der Waals surface area contributed by atoms with E-state index in [1.807, 2.05) is 0 Å². The Morgan fingerprint density at radius 2 is 2.60 bits per heavy atom. The van der Waals surface area contributed by atoms with Gasteiger partial charge in [-0.1, -0.05) is 6.92 Å². The van der Waals surface area contributed by atoms with E-state index in [-0.39, 0.29) is 18.6 Å². The van der Waals surface area contributed by atoms with E-state index in [9.17, 15) is 9.90 Å². The third-order valence-corrected chi connectivity index (χ3v) is 3.06. The van der Waals surface area contributed by atoms with Gasteiger partial charge in [0.05, 0.1) is 25.2 Å². The van der Waals surface area contributed by atoms with Gasteiger partial charge >= 0.3 is 0 Å². The van der Waals surface area contributed by atoms with E-state index in [1.165, 1.54) is 12.5 Å². The molecule has 2 N–H and O–H groups in total. The molecule has 1 aromatic rings. The Morgan fingerprint density at radius 1 is 1.80 bits per heavy atom. The van der Waals surface area contributed by atoms with Crippen molar-refractivity contribution in [2.45, 2.75) is 19.4 Å². The molecular formula is C10H15N3O2. The van der Waals surface area contributed by atoms with Crippen molar-refractivity contribution in [3.05, 3.63) is 18.2 Å². The second-order valence-corrected chi connectivity index (χ2v) is 3.98. The molecule has 1 aromatic heterocycles. The van der Waals surface area contributed by atoms with Gasteiger partial charge in [-0.25, -0.2) is 4.98 Å². The number of nitrogens with one attached hydrogen (secondary N) is 1. The minimum absolute atomic E-state index is 0.0288. The lowest BCUT2D eigenvalue weighted by atomic mass is 10.0. The fraction of sp³-hybridized carbons (Fsp3) is 0.600. The summed E-state index contributed by atoms with van der Waals surface area (Å²) in [5.74, 6) is 0.290. The molecule has 0 aliphatic carbocycles. The number of aliphatic hydroxyl groups is 1. The van der Waals surface area contributed by atoms with Crippen LogP contribution in [0.1, 0.15) is 23.8 Å². The summed E-state index contributed by atoms with van der Waals surface area (Å²) in [6, 6.07) is -0.0548. The van der Waals surface area contributed by atoms with Gasteiger partial charge in [-0.3, -0.25) is 4.79 Å². The summed E-state index contributed by atoms with van der Waals surface area (Å²) < 4.78 is 0. The Labute approximate surface area is 88.1 Å². The number of imidazole rings is 1. The zero-order valence-electron chi connectivity index (χ0n) is 8.68. The predicted octanol–water partition coefficient (Wildman–Crippen LogP) is 0.253. The summed E-state index contributed by atoms with van der Waals surface area (Å²) in [7, 11) is 0. The highest BCUT2D eigenvalue weighted by Gasteiger charge is 2.34. The smallest absolute Gasteiger partial charge is 0.272 e. The molecule has 0 aromatic carbocycles. The van der Waals surface area contributed by atoms with E-state index in [0.29, 0.717) is 18.2 Å². The summed E-state index contributed by atoms with van der Waals surface area (Å²) in [5.41, 5.74) is 0.488. The highest BCUT2D eigenvalue weighted by molar-refractivity contribution is 5.92. The molecule has 2 heterocycles. The lowest BCUT2D eigenvalue weighted by molar-refractivity contribution is 0.0643. The summed E-state index contributed by atoms with van der Waals surface area (Å²) >= 11 is 0. The minimum Gasteiger partial charge on any atom is -0.394 e. The second-order valence-electron chi connectivity index (χ2n) is 3.98. The van der Waals surface area contributed by atoms with Crippen molar-refractivity contribution in [2.75, 3.05) is 13.2 Å². The first-order chi connectivity index (χ1) is 7.24. The first-order valence-electron chi connectivity index (χ1n) is 5.14. The molecule has 0 radical (unpaired) electrons. The molecule has 1 amide bonds. The van der Waals surface area contributed by atoms with Crippen LogP contribution >= 0.6 is 0 Å².